The van der Waals surface area contributed by atoms with E-state index in [-0.39, 0.29) is 6.61 Å². The molecular weight excluding hydrogens is 258 g/mol. The maximum Gasteiger partial charge on any atom is 0.326 e. The van der Waals surface area contributed by atoms with E-state index in [2.05, 4.69) is 4.98 Å². The fourth-order valence-corrected chi connectivity index (χ4v) is 2.24. The van der Waals surface area contributed by atoms with Crippen molar-refractivity contribution in [2.45, 2.75) is 19.5 Å². The molecule has 20 heavy (non-hydrogen) atoms. The number of para-hydroxylation sites is 2. The van der Waals surface area contributed by atoms with Gasteiger partial charge in [-0.3, -0.25) is 4.90 Å². The van der Waals surface area contributed by atoms with Crippen molar-refractivity contribution in [3.8, 4) is 0 Å². The normalized spacial score (nSPS) is 13.0. The molecule has 2 rings (SSSR count). The quantitative estimate of drug-likeness (QED) is 0.827. The van der Waals surface area contributed by atoms with E-state index in [9.17, 15) is 9.90 Å². The summed E-state index contributed by atoms with van der Waals surface area (Å²) in [5, 5.41) is 18.2. The Labute approximate surface area is 117 Å². The van der Waals surface area contributed by atoms with E-state index in [0.717, 1.165) is 11.0 Å². The van der Waals surface area contributed by atoms with Crippen LogP contribution in [0.3, 0.4) is 0 Å². The molecule has 6 heteroatoms. The zero-order valence-corrected chi connectivity index (χ0v) is 11.7. The number of likely N-dealkylation sites (N-methyl/N-ethyl adjacent to an activating group) is 1. The minimum atomic E-state index is -0.890. The van der Waals surface area contributed by atoms with Crippen LogP contribution in [0.5, 0.6) is 0 Å². The average Bonchev–Trinajstić information content (AvgIpc) is 2.75. The summed E-state index contributed by atoms with van der Waals surface area (Å²) in [6, 6.07) is 6.82. The van der Waals surface area contributed by atoms with Crippen molar-refractivity contribution in [3.05, 3.63) is 30.1 Å². The summed E-state index contributed by atoms with van der Waals surface area (Å²) >= 11 is 0. The maximum atomic E-state index is 11.3. The summed E-state index contributed by atoms with van der Waals surface area (Å²) < 4.78 is 1.74. The molecule has 2 N–H and O–H groups in total. The van der Waals surface area contributed by atoms with E-state index in [1.807, 2.05) is 36.2 Å². The van der Waals surface area contributed by atoms with E-state index >= 15 is 0 Å². The van der Waals surface area contributed by atoms with Crippen molar-refractivity contribution in [1.82, 2.24) is 14.5 Å². The maximum absolute atomic E-state index is 11.3. The highest BCUT2D eigenvalue weighted by atomic mass is 16.4. The predicted molar refractivity (Wildman–Crippen MR) is 75.5 cm³/mol. The molecule has 0 spiro atoms. The van der Waals surface area contributed by atoms with Gasteiger partial charge in [-0.25, -0.2) is 9.78 Å². The molecule has 0 saturated carbocycles. The number of nitrogens with zero attached hydrogens (tertiary/aromatic N) is 3. The topological polar surface area (TPSA) is 78.6 Å². The van der Waals surface area contributed by atoms with Crippen LogP contribution in [0.25, 0.3) is 11.0 Å². The minimum absolute atomic E-state index is 0.0607. The lowest BCUT2D eigenvalue weighted by atomic mass is 10.2. The highest BCUT2D eigenvalue weighted by Crippen LogP contribution is 2.22. The van der Waals surface area contributed by atoms with Crippen LogP contribution in [0.2, 0.25) is 0 Å². The Morgan fingerprint density at radius 1 is 1.45 bits per heavy atom. The number of aliphatic hydroxyl groups is 1. The lowest BCUT2D eigenvalue weighted by Crippen LogP contribution is -2.26. The van der Waals surface area contributed by atoms with Gasteiger partial charge in [0.1, 0.15) is 11.9 Å². The van der Waals surface area contributed by atoms with Gasteiger partial charge in [-0.1, -0.05) is 12.1 Å². The molecule has 1 heterocycles. The van der Waals surface area contributed by atoms with Crippen LogP contribution in [0.1, 0.15) is 18.8 Å². The summed E-state index contributed by atoms with van der Waals surface area (Å²) in [6.45, 7) is 2.72. The molecule has 6 nitrogen and oxygen atoms in total. The first-order valence-electron chi connectivity index (χ1n) is 6.52. The van der Waals surface area contributed by atoms with Gasteiger partial charge >= 0.3 is 5.97 Å². The van der Waals surface area contributed by atoms with E-state index in [1.165, 1.54) is 0 Å². The number of aliphatic carboxylic acids is 1. The molecule has 0 radical (unpaired) electrons. The van der Waals surface area contributed by atoms with Crippen LogP contribution in [0.15, 0.2) is 24.3 Å². The highest BCUT2D eigenvalue weighted by molar-refractivity contribution is 5.80. The van der Waals surface area contributed by atoms with E-state index in [1.54, 1.807) is 11.5 Å². The molecule has 1 aromatic heterocycles. The van der Waals surface area contributed by atoms with Crippen molar-refractivity contribution in [3.63, 3.8) is 0 Å². The summed E-state index contributed by atoms with van der Waals surface area (Å²) in [5.41, 5.74) is 1.60. The van der Waals surface area contributed by atoms with Crippen LogP contribution in [0.4, 0.5) is 0 Å². The molecule has 0 amide bonds. The highest BCUT2D eigenvalue weighted by Gasteiger charge is 2.21. The first-order valence-corrected chi connectivity index (χ1v) is 6.52. The molecular formula is C14H19N3O3. The molecule has 0 aliphatic carbocycles. The Kier molecular flexibility index (Phi) is 4.36. The summed E-state index contributed by atoms with van der Waals surface area (Å²) in [5.74, 6) is -0.198. The number of aliphatic hydroxyl groups excluding tert-OH is 1. The molecule has 0 aliphatic heterocycles. The van der Waals surface area contributed by atoms with Crippen LogP contribution in [-0.2, 0) is 11.3 Å². The first-order chi connectivity index (χ1) is 9.54. The number of fused-ring (bicyclic) bond motifs is 1. The number of carbonyl (C=O) groups is 1. The standard InChI is InChI=1S/C14H19N3O3/c1-10(14(19)20)17-12-6-4-3-5-11(12)15-13(17)9-16(2)7-8-18/h3-6,10,18H,7-9H2,1-2H3,(H,19,20). The lowest BCUT2D eigenvalue weighted by molar-refractivity contribution is -0.140. The molecule has 0 fully saturated rings. The summed E-state index contributed by atoms with van der Waals surface area (Å²) in [7, 11) is 1.87. The number of benzene rings is 1. The number of aromatic nitrogens is 2. The van der Waals surface area contributed by atoms with Gasteiger partial charge in [0.25, 0.3) is 0 Å². The number of rotatable bonds is 6. The zero-order valence-electron chi connectivity index (χ0n) is 11.7. The Hall–Kier alpha value is -1.92. The Morgan fingerprint density at radius 3 is 2.80 bits per heavy atom. The van der Waals surface area contributed by atoms with Crippen molar-refractivity contribution in [1.29, 1.82) is 0 Å². The molecule has 108 valence electrons. The van der Waals surface area contributed by atoms with Gasteiger partial charge in [0.05, 0.1) is 24.2 Å². The largest absolute Gasteiger partial charge is 0.480 e. The second-order valence-electron chi connectivity index (χ2n) is 4.86. The third-order valence-electron chi connectivity index (χ3n) is 3.31. The average molecular weight is 277 g/mol. The third kappa shape index (κ3) is 2.81. The van der Waals surface area contributed by atoms with Crippen molar-refractivity contribution in [2.75, 3.05) is 20.2 Å². The van der Waals surface area contributed by atoms with Gasteiger partial charge in [-0.05, 0) is 26.1 Å². The van der Waals surface area contributed by atoms with Crippen LogP contribution >= 0.6 is 0 Å². The van der Waals surface area contributed by atoms with Gasteiger partial charge in [0, 0.05) is 6.54 Å². The van der Waals surface area contributed by atoms with E-state index < -0.39 is 12.0 Å². The van der Waals surface area contributed by atoms with Gasteiger partial charge in [0.2, 0.25) is 0 Å². The lowest BCUT2D eigenvalue weighted by Gasteiger charge is -2.18. The Bertz CT molecular complexity index is 609. The van der Waals surface area contributed by atoms with Gasteiger partial charge < -0.3 is 14.8 Å². The van der Waals surface area contributed by atoms with Crippen LogP contribution < -0.4 is 0 Å². The van der Waals surface area contributed by atoms with Gasteiger partial charge in [0.15, 0.2) is 0 Å². The van der Waals surface area contributed by atoms with Crippen molar-refractivity contribution < 1.29 is 15.0 Å². The summed E-state index contributed by atoms with van der Waals surface area (Å²) in [6.07, 6.45) is 0. The second kappa shape index (κ2) is 6.02. The number of carboxylic acid groups (broad SMARTS) is 1. The van der Waals surface area contributed by atoms with Crippen LogP contribution in [-0.4, -0.2) is 50.8 Å². The molecule has 0 saturated heterocycles. The van der Waals surface area contributed by atoms with Crippen LogP contribution in [0, 0.1) is 0 Å². The number of hydrogen-bond acceptors (Lipinski definition) is 4. The molecule has 1 aromatic carbocycles. The number of hydrogen-bond donors (Lipinski definition) is 2. The Balaban J connectivity index is 2.46. The SMILES string of the molecule is CC(C(=O)O)n1c(CN(C)CCO)nc2ccccc21. The van der Waals surface area contributed by atoms with Gasteiger partial charge in [-0.15, -0.1) is 0 Å². The first kappa shape index (κ1) is 14.5. The van der Waals surface area contributed by atoms with Gasteiger partial charge in [-0.2, -0.15) is 0 Å². The fraction of sp³-hybridized carbons (Fsp3) is 0.429. The summed E-state index contributed by atoms with van der Waals surface area (Å²) in [4.78, 5) is 17.7. The van der Waals surface area contributed by atoms with Crippen molar-refractivity contribution >= 4 is 17.0 Å². The molecule has 2 aromatic rings. The predicted octanol–water partition coefficient (Wildman–Crippen LogP) is 1.11. The minimum Gasteiger partial charge on any atom is -0.480 e. The second-order valence-corrected chi connectivity index (χ2v) is 4.86. The van der Waals surface area contributed by atoms with E-state index in [0.29, 0.717) is 18.9 Å². The molecule has 0 bridgehead atoms. The number of imidazole rings is 1. The molecule has 1 atom stereocenters. The third-order valence-corrected chi connectivity index (χ3v) is 3.31. The smallest absolute Gasteiger partial charge is 0.326 e. The molecule has 1 unspecified atom stereocenters. The van der Waals surface area contributed by atoms with E-state index in [4.69, 9.17) is 5.11 Å². The molecule has 0 aliphatic rings. The van der Waals surface area contributed by atoms with Crippen molar-refractivity contribution in [2.24, 2.45) is 0 Å². The monoisotopic (exact) mass is 277 g/mol. The fourth-order valence-electron chi connectivity index (χ4n) is 2.24. The number of carboxylic acids is 1. The zero-order chi connectivity index (χ0) is 14.7. The Morgan fingerprint density at radius 2 is 2.15 bits per heavy atom.